The molecular formula is C17H22N2O2. The van der Waals surface area contributed by atoms with Gasteiger partial charge < -0.3 is 10.1 Å². The number of carbonyl (C=O) groups is 1. The topological polar surface area (TPSA) is 51.2 Å². The number of ether oxygens (including phenoxy) is 1. The fourth-order valence-corrected chi connectivity index (χ4v) is 2.08. The molecule has 1 aromatic heterocycles. The normalized spacial score (nSPS) is 11.0. The number of nitrogens with one attached hydrogen (secondary N) is 1. The molecule has 4 nitrogen and oxygen atoms in total. The molecule has 0 radical (unpaired) electrons. The number of hydrogen-bond donors (Lipinski definition) is 1. The van der Waals surface area contributed by atoms with Crippen LogP contribution in [0.15, 0.2) is 36.5 Å². The van der Waals surface area contributed by atoms with Gasteiger partial charge in [-0.2, -0.15) is 0 Å². The summed E-state index contributed by atoms with van der Waals surface area (Å²) in [5, 5.41) is 3.90. The third kappa shape index (κ3) is 4.53. The van der Waals surface area contributed by atoms with Crippen molar-refractivity contribution in [2.75, 3.05) is 19.8 Å². The Morgan fingerprint density at radius 3 is 2.90 bits per heavy atom. The number of pyridine rings is 1. The van der Waals surface area contributed by atoms with Gasteiger partial charge in [0, 0.05) is 31.3 Å². The van der Waals surface area contributed by atoms with Gasteiger partial charge in [0.1, 0.15) is 0 Å². The molecule has 0 saturated heterocycles. The number of aromatic nitrogens is 1. The minimum Gasteiger partial charge on any atom is -0.381 e. The first kappa shape index (κ1) is 15.4. The zero-order chi connectivity index (χ0) is 15.1. The summed E-state index contributed by atoms with van der Waals surface area (Å²) in [6, 6.07) is 9.47. The van der Waals surface area contributed by atoms with E-state index in [9.17, 15) is 4.79 Å². The summed E-state index contributed by atoms with van der Waals surface area (Å²) in [4.78, 5) is 16.5. The molecule has 0 atom stereocenters. The van der Waals surface area contributed by atoms with Crippen LogP contribution in [0.4, 0.5) is 0 Å². The summed E-state index contributed by atoms with van der Waals surface area (Å²) in [5.41, 5.74) is 1.37. The van der Waals surface area contributed by atoms with Crippen LogP contribution in [0.25, 0.3) is 10.9 Å². The van der Waals surface area contributed by atoms with Crippen LogP contribution in [0.1, 0.15) is 30.6 Å². The molecule has 21 heavy (non-hydrogen) atoms. The summed E-state index contributed by atoms with van der Waals surface area (Å²) in [6.07, 6.45) is 2.52. The first-order valence-electron chi connectivity index (χ1n) is 7.38. The third-order valence-electron chi connectivity index (χ3n) is 3.08. The van der Waals surface area contributed by atoms with Gasteiger partial charge in [-0.3, -0.25) is 9.78 Å². The summed E-state index contributed by atoms with van der Waals surface area (Å²) in [6.45, 7) is 6.29. The summed E-state index contributed by atoms with van der Waals surface area (Å²) < 4.78 is 5.49. The Bertz CT molecular complexity index is 591. The van der Waals surface area contributed by atoms with E-state index in [-0.39, 0.29) is 5.91 Å². The Morgan fingerprint density at radius 1 is 1.29 bits per heavy atom. The van der Waals surface area contributed by atoms with E-state index in [4.69, 9.17) is 4.74 Å². The maximum absolute atomic E-state index is 12.2. The van der Waals surface area contributed by atoms with Crippen LogP contribution < -0.4 is 5.32 Å². The number of hydrogen-bond acceptors (Lipinski definition) is 3. The van der Waals surface area contributed by atoms with Crippen molar-refractivity contribution in [3.05, 3.63) is 42.1 Å². The highest BCUT2D eigenvalue weighted by Crippen LogP contribution is 2.15. The van der Waals surface area contributed by atoms with Crippen molar-refractivity contribution in [3.8, 4) is 0 Å². The average Bonchev–Trinajstić information content (AvgIpc) is 2.49. The van der Waals surface area contributed by atoms with Gasteiger partial charge in [-0.1, -0.05) is 32.0 Å². The van der Waals surface area contributed by atoms with Crippen LogP contribution in [0.5, 0.6) is 0 Å². The lowest BCUT2D eigenvalue weighted by atomic mass is 10.1. The van der Waals surface area contributed by atoms with E-state index < -0.39 is 0 Å². The van der Waals surface area contributed by atoms with Gasteiger partial charge in [0.25, 0.3) is 5.91 Å². The van der Waals surface area contributed by atoms with Crippen molar-refractivity contribution in [1.82, 2.24) is 10.3 Å². The number of benzene rings is 1. The van der Waals surface area contributed by atoms with Crippen LogP contribution in [-0.4, -0.2) is 30.6 Å². The Labute approximate surface area is 125 Å². The van der Waals surface area contributed by atoms with Crippen molar-refractivity contribution in [2.45, 2.75) is 20.3 Å². The summed E-state index contributed by atoms with van der Waals surface area (Å²) >= 11 is 0. The molecule has 0 spiro atoms. The predicted molar refractivity (Wildman–Crippen MR) is 84.4 cm³/mol. The fourth-order valence-electron chi connectivity index (χ4n) is 2.08. The SMILES string of the molecule is CC(C)COCCCNC(=O)c1cccc2cccnc12. The molecule has 4 heteroatoms. The number of amides is 1. The van der Waals surface area contributed by atoms with Gasteiger partial charge >= 0.3 is 0 Å². The van der Waals surface area contributed by atoms with Crippen LogP contribution >= 0.6 is 0 Å². The standard InChI is InChI=1S/C17H22N2O2/c1-13(2)12-21-11-5-10-19-17(20)15-8-3-6-14-7-4-9-18-16(14)15/h3-4,6-9,13H,5,10-12H2,1-2H3,(H,19,20). The summed E-state index contributed by atoms with van der Waals surface area (Å²) in [5.74, 6) is 0.463. The average molecular weight is 286 g/mol. The van der Waals surface area contributed by atoms with Crippen molar-refractivity contribution in [3.63, 3.8) is 0 Å². The molecule has 0 unspecified atom stereocenters. The van der Waals surface area contributed by atoms with E-state index in [1.54, 1.807) is 12.3 Å². The molecule has 0 aliphatic carbocycles. The summed E-state index contributed by atoms with van der Waals surface area (Å²) in [7, 11) is 0. The van der Waals surface area contributed by atoms with E-state index in [0.717, 1.165) is 23.9 Å². The highest BCUT2D eigenvalue weighted by Gasteiger charge is 2.09. The molecule has 0 fully saturated rings. The molecule has 0 aliphatic heterocycles. The van der Waals surface area contributed by atoms with Crippen molar-refractivity contribution in [1.29, 1.82) is 0 Å². The van der Waals surface area contributed by atoms with E-state index in [1.807, 2.05) is 24.3 Å². The number of rotatable bonds is 7. The molecule has 0 aliphatic rings. The van der Waals surface area contributed by atoms with Crippen LogP contribution in [-0.2, 0) is 4.74 Å². The van der Waals surface area contributed by atoms with Gasteiger partial charge in [0.2, 0.25) is 0 Å². The molecule has 1 aromatic carbocycles. The maximum atomic E-state index is 12.2. The molecule has 1 heterocycles. The zero-order valence-corrected chi connectivity index (χ0v) is 12.6. The van der Waals surface area contributed by atoms with E-state index in [2.05, 4.69) is 24.1 Å². The second-order valence-electron chi connectivity index (χ2n) is 5.46. The van der Waals surface area contributed by atoms with Crippen molar-refractivity contribution >= 4 is 16.8 Å². The van der Waals surface area contributed by atoms with E-state index in [1.165, 1.54) is 0 Å². The fraction of sp³-hybridized carbons (Fsp3) is 0.412. The molecule has 1 N–H and O–H groups in total. The first-order valence-corrected chi connectivity index (χ1v) is 7.38. The first-order chi connectivity index (χ1) is 10.2. The van der Waals surface area contributed by atoms with Crippen LogP contribution in [0, 0.1) is 5.92 Å². The smallest absolute Gasteiger partial charge is 0.253 e. The highest BCUT2D eigenvalue weighted by atomic mass is 16.5. The van der Waals surface area contributed by atoms with Crippen molar-refractivity contribution in [2.24, 2.45) is 5.92 Å². The van der Waals surface area contributed by atoms with Gasteiger partial charge in [0.05, 0.1) is 11.1 Å². The third-order valence-corrected chi connectivity index (χ3v) is 3.08. The van der Waals surface area contributed by atoms with E-state index in [0.29, 0.717) is 24.6 Å². The molecular weight excluding hydrogens is 264 g/mol. The second kappa shape index (κ2) is 7.74. The zero-order valence-electron chi connectivity index (χ0n) is 12.6. The van der Waals surface area contributed by atoms with Gasteiger partial charge in [-0.05, 0) is 24.5 Å². The molecule has 0 bridgehead atoms. The van der Waals surface area contributed by atoms with Gasteiger partial charge in [0.15, 0.2) is 0 Å². The Hall–Kier alpha value is -1.94. The predicted octanol–water partition coefficient (Wildman–Crippen LogP) is 3.03. The molecule has 2 aromatic rings. The van der Waals surface area contributed by atoms with Gasteiger partial charge in [-0.25, -0.2) is 0 Å². The maximum Gasteiger partial charge on any atom is 0.253 e. The lowest BCUT2D eigenvalue weighted by Crippen LogP contribution is -2.25. The van der Waals surface area contributed by atoms with Gasteiger partial charge in [-0.15, -0.1) is 0 Å². The lowest BCUT2D eigenvalue weighted by Gasteiger charge is -2.09. The monoisotopic (exact) mass is 286 g/mol. The molecule has 0 saturated carbocycles. The number of para-hydroxylation sites is 1. The number of fused-ring (bicyclic) bond motifs is 1. The quantitative estimate of drug-likeness (QED) is 0.796. The molecule has 1 amide bonds. The molecule has 112 valence electrons. The highest BCUT2D eigenvalue weighted by molar-refractivity contribution is 6.05. The minimum atomic E-state index is -0.0804. The number of nitrogens with zero attached hydrogens (tertiary/aromatic N) is 1. The Morgan fingerprint density at radius 2 is 2.10 bits per heavy atom. The van der Waals surface area contributed by atoms with Crippen molar-refractivity contribution < 1.29 is 9.53 Å². The minimum absolute atomic E-state index is 0.0804. The largest absolute Gasteiger partial charge is 0.381 e. The Kier molecular flexibility index (Phi) is 5.69. The second-order valence-corrected chi connectivity index (χ2v) is 5.46. The molecule has 2 rings (SSSR count). The Balaban J connectivity index is 1.85. The van der Waals surface area contributed by atoms with Crippen LogP contribution in [0.2, 0.25) is 0 Å². The lowest BCUT2D eigenvalue weighted by molar-refractivity contribution is 0.0926. The number of carbonyl (C=O) groups excluding carboxylic acids is 1. The van der Waals surface area contributed by atoms with E-state index >= 15 is 0 Å². The van der Waals surface area contributed by atoms with Crippen LogP contribution in [0.3, 0.4) is 0 Å².